The van der Waals surface area contributed by atoms with Crippen molar-refractivity contribution in [3.8, 4) is 0 Å². The maximum absolute atomic E-state index is 11.8. The number of esters is 1. The molecule has 0 unspecified atom stereocenters. The van der Waals surface area contributed by atoms with E-state index in [9.17, 15) is 9.59 Å². The molecule has 0 aliphatic heterocycles. The predicted molar refractivity (Wildman–Crippen MR) is 94.1 cm³/mol. The average Bonchev–Trinajstić information content (AvgIpc) is 2.49. The molecule has 0 aliphatic carbocycles. The second-order valence-electron chi connectivity index (χ2n) is 5.55. The van der Waals surface area contributed by atoms with Gasteiger partial charge in [0.15, 0.2) is 0 Å². The molecule has 1 rings (SSSR count). The van der Waals surface area contributed by atoms with Crippen molar-refractivity contribution < 1.29 is 14.3 Å². The normalized spacial score (nSPS) is 11.1. The summed E-state index contributed by atoms with van der Waals surface area (Å²) in [6.45, 7) is 4.78. The van der Waals surface area contributed by atoms with Gasteiger partial charge < -0.3 is 10.1 Å². The molecule has 0 atom stereocenters. The molecule has 6 heteroatoms. The van der Waals surface area contributed by atoms with Crippen LogP contribution in [0.15, 0.2) is 28.7 Å². The van der Waals surface area contributed by atoms with Crippen molar-refractivity contribution in [1.82, 2.24) is 5.32 Å². The summed E-state index contributed by atoms with van der Waals surface area (Å²) in [7, 11) is 1.36. The van der Waals surface area contributed by atoms with Gasteiger partial charge in [-0.15, -0.1) is 11.8 Å². The zero-order valence-corrected chi connectivity index (χ0v) is 15.6. The second-order valence-corrected chi connectivity index (χ2v) is 7.57. The smallest absolute Gasteiger partial charge is 0.315 e. The van der Waals surface area contributed by atoms with Gasteiger partial charge in [0.25, 0.3) is 0 Å². The van der Waals surface area contributed by atoms with Crippen LogP contribution >= 0.6 is 27.7 Å². The Hall–Kier alpha value is -1.01. The number of ether oxygens (including phenoxy) is 1. The van der Waals surface area contributed by atoms with E-state index in [1.807, 2.05) is 12.1 Å². The van der Waals surface area contributed by atoms with Gasteiger partial charge in [-0.3, -0.25) is 9.59 Å². The molecule has 22 heavy (non-hydrogen) atoms. The van der Waals surface area contributed by atoms with Gasteiger partial charge in [-0.1, -0.05) is 41.9 Å². The lowest BCUT2D eigenvalue weighted by Gasteiger charge is -2.25. The Kier molecular flexibility index (Phi) is 7.96. The number of hydrogen-bond donors (Lipinski definition) is 1. The minimum Gasteiger partial charge on any atom is -0.468 e. The minimum absolute atomic E-state index is 0.00236. The number of amides is 1. The van der Waals surface area contributed by atoms with Crippen LogP contribution in [0.3, 0.4) is 0 Å². The molecule has 4 nitrogen and oxygen atoms in total. The molecule has 1 amide bonds. The number of rotatable bonds is 8. The molecule has 0 aliphatic rings. The van der Waals surface area contributed by atoms with E-state index in [4.69, 9.17) is 0 Å². The molecule has 0 fully saturated rings. The van der Waals surface area contributed by atoms with Crippen LogP contribution in [-0.4, -0.2) is 37.0 Å². The van der Waals surface area contributed by atoms with E-state index in [1.54, 1.807) is 0 Å². The lowest BCUT2D eigenvalue weighted by atomic mass is 9.84. The zero-order valence-electron chi connectivity index (χ0n) is 13.1. The summed E-state index contributed by atoms with van der Waals surface area (Å²) >= 11 is 4.82. The number of thioether (sulfide) groups is 1. The van der Waals surface area contributed by atoms with Gasteiger partial charge in [0, 0.05) is 28.6 Å². The van der Waals surface area contributed by atoms with Crippen LogP contribution in [0, 0.1) is 0 Å². The topological polar surface area (TPSA) is 55.4 Å². The third kappa shape index (κ3) is 6.83. The van der Waals surface area contributed by atoms with Crippen molar-refractivity contribution in [1.29, 1.82) is 0 Å². The van der Waals surface area contributed by atoms with Crippen molar-refractivity contribution >= 4 is 39.6 Å². The van der Waals surface area contributed by atoms with Gasteiger partial charge in [0.05, 0.1) is 12.9 Å². The van der Waals surface area contributed by atoms with Crippen LogP contribution in [0.25, 0.3) is 0 Å². The quantitative estimate of drug-likeness (QED) is 0.549. The summed E-state index contributed by atoms with van der Waals surface area (Å²) in [5.41, 5.74) is 1.05. The summed E-state index contributed by atoms with van der Waals surface area (Å²) < 4.78 is 5.58. The lowest BCUT2D eigenvalue weighted by Crippen LogP contribution is -2.36. The number of carbonyl (C=O) groups excluding carboxylic acids is 2. The molecular formula is C16H22BrNO3S. The van der Waals surface area contributed by atoms with Gasteiger partial charge in [-0.05, 0) is 17.7 Å². The number of nitrogens with one attached hydrogen (secondary N) is 1. The van der Waals surface area contributed by atoms with E-state index in [0.29, 0.717) is 18.7 Å². The number of halogens is 1. The number of benzene rings is 1. The number of methoxy groups -OCH3 is 1. The van der Waals surface area contributed by atoms with E-state index in [-0.39, 0.29) is 23.0 Å². The summed E-state index contributed by atoms with van der Waals surface area (Å²) in [6, 6.07) is 8.12. The molecular weight excluding hydrogens is 366 g/mol. The third-order valence-corrected chi connectivity index (χ3v) is 4.74. The van der Waals surface area contributed by atoms with Crippen molar-refractivity contribution in [3.05, 3.63) is 34.3 Å². The van der Waals surface area contributed by atoms with Crippen LogP contribution in [0.1, 0.15) is 25.8 Å². The molecule has 1 N–H and O–H groups in total. The Bertz CT molecular complexity index is 503. The number of carbonyl (C=O) groups is 2. The first kappa shape index (κ1) is 19.0. The highest BCUT2D eigenvalue weighted by atomic mass is 79.9. The van der Waals surface area contributed by atoms with Crippen molar-refractivity contribution in [2.75, 3.05) is 25.2 Å². The molecule has 1 aromatic rings. The fourth-order valence-corrected chi connectivity index (χ4v) is 2.81. The monoisotopic (exact) mass is 387 g/mol. The van der Waals surface area contributed by atoms with Crippen LogP contribution in [0.4, 0.5) is 0 Å². The molecule has 1 aromatic carbocycles. The minimum atomic E-state index is -0.262. The molecule has 0 bridgehead atoms. The van der Waals surface area contributed by atoms with Crippen LogP contribution in [0.2, 0.25) is 0 Å². The zero-order chi connectivity index (χ0) is 16.6. The lowest BCUT2D eigenvalue weighted by molar-refractivity contribution is -0.137. The highest BCUT2D eigenvalue weighted by molar-refractivity contribution is 9.10. The standard InChI is InChI=1S/C16H22BrNO3S/c1-16(2,12-4-6-13(17)7-5-12)11-18-14(19)8-9-22-10-15(20)21-3/h4-7H,8-11H2,1-3H3,(H,18,19). The first-order valence-electron chi connectivity index (χ1n) is 7.02. The Morgan fingerprint density at radius 2 is 1.91 bits per heavy atom. The molecule has 0 heterocycles. The Labute approximate surface area is 144 Å². The third-order valence-electron chi connectivity index (χ3n) is 3.27. The first-order valence-corrected chi connectivity index (χ1v) is 8.97. The van der Waals surface area contributed by atoms with Gasteiger partial charge >= 0.3 is 5.97 Å². The second kappa shape index (κ2) is 9.20. The Morgan fingerprint density at radius 1 is 1.27 bits per heavy atom. The van der Waals surface area contributed by atoms with Gasteiger partial charge in [0.1, 0.15) is 0 Å². The largest absolute Gasteiger partial charge is 0.468 e. The highest BCUT2D eigenvalue weighted by Gasteiger charge is 2.21. The average molecular weight is 388 g/mol. The summed E-state index contributed by atoms with van der Waals surface area (Å²) in [5.74, 6) is 0.637. The summed E-state index contributed by atoms with van der Waals surface area (Å²) in [5, 5.41) is 2.96. The maximum Gasteiger partial charge on any atom is 0.315 e. The fourth-order valence-electron chi connectivity index (χ4n) is 1.79. The van der Waals surface area contributed by atoms with Gasteiger partial charge in [-0.25, -0.2) is 0 Å². The molecule has 0 saturated carbocycles. The Balaban J connectivity index is 2.33. The molecule has 0 spiro atoms. The SMILES string of the molecule is COC(=O)CSCCC(=O)NCC(C)(C)c1ccc(Br)cc1. The molecule has 0 radical (unpaired) electrons. The Morgan fingerprint density at radius 3 is 2.50 bits per heavy atom. The molecule has 0 aromatic heterocycles. The predicted octanol–water partition coefficient (Wildman–Crippen LogP) is 3.14. The van der Waals surface area contributed by atoms with Crippen LogP contribution < -0.4 is 5.32 Å². The van der Waals surface area contributed by atoms with E-state index < -0.39 is 0 Å². The van der Waals surface area contributed by atoms with Crippen molar-refractivity contribution in [2.45, 2.75) is 25.7 Å². The van der Waals surface area contributed by atoms with E-state index in [1.165, 1.54) is 24.4 Å². The van der Waals surface area contributed by atoms with Gasteiger partial charge in [0.2, 0.25) is 5.91 Å². The van der Waals surface area contributed by atoms with E-state index >= 15 is 0 Å². The molecule has 122 valence electrons. The fraction of sp³-hybridized carbons (Fsp3) is 0.500. The maximum atomic E-state index is 11.8. The summed E-state index contributed by atoms with van der Waals surface area (Å²) in [6.07, 6.45) is 0.401. The first-order chi connectivity index (χ1) is 10.3. The highest BCUT2D eigenvalue weighted by Crippen LogP contribution is 2.24. The summed E-state index contributed by atoms with van der Waals surface area (Å²) in [4.78, 5) is 22.8. The van der Waals surface area contributed by atoms with Gasteiger partial charge in [-0.2, -0.15) is 0 Å². The van der Waals surface area contributed by atoms with Crippen LogP contribution in [-0.2, 0) is 19.7 Å². The number of hydrogen-bond acceptors (Lipinski definition) is 4. The van der Waals surface area contributed by atoms with Crippen LogP contribution in [0.5, 0.6) is 0 Å². The van der Waals surface area contributed by atoms with Crippen molar-refractivity contribution in [2.24, 2.45) is 0 Å². The van der Waals surface area contributed by atoms with E-state index in [2.05, 4.69) is 52.0 Å². The van der Waals surface area contributed by atoms with E-state index in [0.717, 1.165) is 4.47 Å². The molecule has 0 saturated heterocycles. The van der Waals surface area contributed by atoms with Crippen molar-refractivity contribution in [3.63, 3.8) is 0 Å².